The highest BCUT2D eigenvalue weighted by Gasteiger charge is 2.10. The molecule has 0 unspecified atom stereocenters. The van der Waals surface area contributed by atoms with E-state index in [1.165, 1.54) is 13.2 Å². The fourth-order valence-corrected chi connectivity index (χ4v) is 2.23. The molecule has 0 spiro atoms. The summed E-state index contributed by atoms with van der Waals surface area (Å²) in [6, 6.07) is 1.72. The van der Waals surface area contributed by atoms with Crippen molar-refractivity contribution in [3.63, 3.8) is 0 Å². The highest BCUT2D eigenvalue weighted by Crippen LogP contribution is 2.20. The summed E-state index contributed by atoms with van der Waals surface area (Å²) in [4.78, 5) is 22.4. The molecular formula is C14H11N7O2. The molecule has 0 saturated heterocycles. The smallest absolute Gasteiger partial charge is 0.316 e. The first-order valence-electron chi connectivity index (χ1n) is 6.73. The summed E-state index contributed by atoms with van der Waals surface area (Å²) in [6.45, 7) is 0. The zero-order chi connectivity index (χ0) is 15.8. The molecule has 0 saturated carbocycles. The average molecular weight is 309 g/mol. The van der Waals surface area contributed by atoms with Gasteiger partial charge in [-0.3, -0.25) is 4.79 Å². The maximum Gasteiger partial charge on any atom is 0.316 e. The van der Waals surface area contributed by atoms with Crippen LogP contribution >= 0.6 is 0 Å². The van der Waals surface area contributed by atoms with Crippen molar-refractivity contribution in [2.45, 2.75) is 0 Å². The van der Waals surface area contributed by atoms with Crippen LogP contribution in [0.1, 0.15) is 0 Å². The van der Waals surface area contributed by atoms with Gasteiger partial charge in [0.15, 0.2) is 5.65 Å². The van der Waals surface area contributed by atoms with Crippen LogP contribution in [0.3, 0.4) is 0 Å². The lowest BCUT2D eigenvalue weighted by atomic mass is 10.2. The molecule has 1 N–H and O–H groups in total. The van der Waals surface area contributed by atoms with Crippen LogP contribution < -0.4 is 10.3 Å². The number of aromatic amines is 1. The van der Waals surface area contributed by atoms with Crippen molar-refractivity contribution in [2.75, 3.05) is 7.11 Å². The van der Waals surface area contributed by atoms with E-state index in [4.69, 9.17) is 4.74 Å². The van der Waals surface area contributed by atoms with Gasteiger partial charge in [0.1, 0.15) is 5.69 Å². The molecule has 0 aliphatic rings. The summed E-state index contributed by atoms with van der Waals surface area (Å²) in [5.74, 6) is 0. The number of nitrogens with one attached hydrogen (secondary N) is 1. The molecule has 4 heterocycles. The van der Waals surface area contributed by atoms with Gasteiger partial charge in [0, 0.05) is 42.0 Å². The van der Waals surface area contributed by atoms with E-state index in [9.17, 15) is 4.79 Å². The second-order valence-corrected chi connectivity index (χ2v) is 4.76. The Morgan fingerprint density at radius 1 is 1.09 bits per heavy atom. The van der Waals surface area contributed by atoms with E-state index in [-0.39, 0.29) is 5.56 Å². The maximum absolute atomic E-state index is 11.5. The summed E-state index contributed by atoms with van der Waals surface area (Å²) in [5.41, 5.74) is 2.68. The molecule has 0 fully saturated rings. The highest BCUT2D eigenvalue weighted by molar-refractivity contribution is 5.63. The van der Waals surface area contributed by atoms with Crippen molar-refractivity contribution in [3.05, 3.63) is 53.6 Å². The minimum absolute atomic E-state index is 0.199. The third-order valence-corrected chi connectivity index (χ3v) is 3.36. The van der Waals surface area contributed by atoms with Gasteiger partial charge < -0.3 is 9.72 Å². The Morgan fingerprint density at radius 2 is 1.91 bits per heavy atom. The molecule has 0 bridgehead atoms. The SMILES string of the molecule is COc1ncc(-c2cnn(-c3cnn4ccc(=O)[nH]c34)c2)cn1. The van der Waals surface area contributed by atoms with Crippen molar-refractivity contribution in [3.8, 4) is 22.8 Å². The van der Waals surface area contributed by atoms with Crippen LogP contribution in [0.4, 0.5) is 0 Å². The molecule has 4 aromatic heterocycles. The van der Waals surface area contributed by atoms with Crippen molar-refractivity contribution in [1.29, 1.82) is 0 Å². The van der Waals surface area contributed by atoms with Gasteiger partial charge in [0.25, 0.3) is 5.56 Å². The average Bonchev–Trinajstić information content (AvgIpc) is 3.21. The van der Waals surface area contributed by atoms with Crippen LogP contribution in [0.15, 0.2) is 48.0 Å². The topological polar surface area (TPSA) is 103 Å². The number of hydrogen-bond donors (Lipinski definition) is 1. The number of nitrogens with zero attached hydrogens (tertiary/aromatic N) is 6. The number of hydrogen-bond acceptors (Lipinski definition) is 6. The van der Waals surface area contributed by atoms with Crippen molar-refractivity contribution < 1.29 is 4.74 Å². The van der Waals surface area contributed by atoms with E-state index < -0.39 is 0 Å². The van der Waals surface area contributed by atoms with Crippen LogP contribution in [-0.2, 0) is 0 Å². The van der Waals surface area contributed by atoms with E-state index in [0.29, 0.717) is 17.3 Å². The zero-order valence-corrected chi connectivity index (χ0v) is 12.0. The number of ether oxygens (including phenoxy) is 1. The van der Waals surface area contributed by atoms with Gasteiger partial charge in [0.05, 0.1) is 19.5 Å². The fourth-order valence-electron chi connectivity index (χ4n) is 2.23. The first-order chi connectivity index (χ1) is 11.2. The third kappa shape index (κ3) is 2.24. The number of H-pyrrole nitrogens is 1. The lowest BCUT2D eigenvalue weighted by Crippen LogP contribution is -2.07. The number of aromatic nitrogens is 7. The summed E-state index contributed by atoms with van der Waals surface area (Å²) in [5, 5.41) is 8.50. The molecule has 9 heteroatoms. The standard InChI is InChI=1S/C14H11N7O2/c1-23-14-15-4-9(5-16-14)10-6-17-21(8-10)11-7-18-20-3-2-12(22)19-13(11)20/h2-8H,1H3,(H,19,22). The second-order valence-electron chi connectivity index (χ2n) is 4.76. The van der Waals surface area contributed by atoms with E-state index in [1.54, 1.807) is 40.2 Å². The molecule has 0 radical (unpaired) electrons. The highest BCUT2D eigenvalue weighted by atomic mass is 16.5. The molecule has 4 aromatic rings. The van der Waals surface area contributed by atoms with E-state index >= 15 is 0 Å². The number of methoxy groups -OCH3 is 1. The zero-order valence-electron chi connectivity index (χ0n) is 12.0. The number of fused-ring (bicyclic) bond motifs is 1. The van der Waals surface area contributed by atoms with Gasteiger partial charge in [-0.05, 0) is 0 Å². The van der Waals surface area contributed by atoms with E-state index in [1.807, 2.05) is 6.20 Å². The van der Waals surface area contributed by atoms with Gasteiger partial charge in [-0.1, -0.05) is 0 Å². The maximum atomic E-state index is 11.5. The third-order valence-electron chi connectivity index (χ3n) is 3.36. The quantitative estimate of drug-likeness (QED) is 0.597. The molecule has 0 amide bonds. The predicted molar refractivity (Wildman–Crippen MR) is 80.5 cm³/mol. The largest absolute Gasteiger partial charge is 0.467 e. The summed E-state index contributed by atoms with van der Waals surface area (Å²) in [6.07, 6.45) is 10.0. The van der Waals surface area contributed by atoms with Gasteiger partial charge in [-0.25, -0.2) is 19.2 Å². The van der Waals surface area contributed by atoms with Gasteiger partial charge >= 0.3 is 6.01 Å². The lowest BCUT2D eigenvalue weighted by Gasteiger charge is -1.99. The van der Waals surface area contributed by atoms with E-state index in [0.717, 1.165) is 11.1 Å². The Kier molecular flexibility index (Phi) is 2.90. The molecule has 4 rings (SSSR count). The van der Waals surface area contributed by atoms with Crippen molar-refractivity contribution in [2.24, 2.45) is 0 Å². The van der Waals surface area contributed by atoms with E-state index in [2.05, 4.69) is 25.1 Å². The second kappa shape index (κ2) is 5.05. The summed E-state index contributed by atoms with van der Waals surface area (Å²) >= 11 is 0. The van der Waals surface area contributed by atoms with Crippen LogP contribution in [0.5, 0.6) is 6.01 Å². The Balaban J connectivity index is 1.76. The first kappa shape index (κ1) is 13.2. The molecular weight excluding hydrogens is 298 g/mol. The molecule has 114 valence electrons. The molecule has 0 aromatic carbocycles. The predicted octanol–water partition coefficient (Wildman–Crippen LogP) is 0.674. The van der Waals surface area contributed by atoms with Crippen LogP contribution in [0, 0.1) is 0 Å². The fraction of sp³-hybridized carbons (Fsp3) is 0.0714. The Hall–Kier alpha value is -3.49. The Morgan fingerprint density at radius 3 is 2.70 bits per heavy atom. The van der Waals surface area contributed by atoms with Crippen LogP contribution in [-0.4, -0.2) is 41.5 Å². The minimum atomic E-state index is -0.199. The first-order valence-corrected chi connectivity index (χ1v) is 6.73. The molecule has 0 atom stereocenters. The van der Waals surface area contributed by atoms with Crippen molar-refractivity contribution >= 4 is 5.65 Å². The molecule has 23 heavy (non-hydrogen) atoms. The van der Waals surface area contributed by atoms with Gasteiger partial charge in [-0.15, -0.1) is 0 Å². The monoisotopic (exact) mass is 309 g/mol. The molecule has 9 nitrogen and oxygen atoms in total. The van der Waals surface area contributed by atoms with Gasteiger partial charge in [-0.2, -0.15) is 10.2 Å². The minimum Gasteiger partial charge on any atom is -0.467 e. The number of rotatable bonds is 3. The van der Waals surface area contributed by atoms with Gasteiger partial charge in [0.2, 0.25) is 0 Å². The molecule has 0 aliphatic heterocycles. The van der Waals surface area contributed by atoms with Crippen LogP contribution in [0.25, 0.3) is 22.5 Å². The summed E-state index contributed by atoms with van der Waals surface area (Å²) in [7, 11) is 1.51. The normalized spacial score (nSPS) is 11.0. The molecule has 0 aliphatic carbocycles. The Bertz CT molecular complexity index is 1030. The van der Waals surface area contributed by atoms with Crippen molar-refractivity contribution in [1.82, 2.24) is 34.3 Å². The summed E-state index contributed by atoms with van der Waals surface area (Å²) < 4.78 is 8.16. The Labute approximate surface area is 129 Å². The lowest BCUT2D eigenvalue weighted by molar-refractivity contribution is 0.380. The van der Waals surface area contributed by atoms with Crippen LogP contribution in [0.2, 0.25) is 0 Å².